The molecular weight excluding hydrogens is 502 g/mol. The summed E-state index contributed by atoms with van der Waals surface area (Å²) in [5, 5.41) is 4.05. The van der Waals surface area contributed by atoms with Crippen LogP contribution in [0.4, 0.5) is 22.0 Å². The number of urea groups is 1. The van der Waals surface area contributed by atoms with Crippen LogP contribution in [0.15, 0.2) is 54.4 Å². The van der Waals surface area contributed by atoms with Gasteiger partial charge in [-0.15, -0.1) is 0 Å². The Kier molecular flexibility index (Phi) is 7.93. The average Bonchev–Trinajstić information content (AvgIpc) is 2.92. The summed E-state index contributed by atoms with van der Waals surface area (Å²) in [6.45, 7) is 4.97. The Morgan fingerprint density at radius 2 is 2.00 bits per heavy atom. The number of aromatic nitrogens is 1. The minimum atomic E-state index is -0.0928. The number of allylic oxidation sites excluding steroid dienone is 1. The maximum Gasteiger partial charge on any atom is 0.329 e. The number of pyridine rings is 1. The van der Waals surface area contributed by atoms with Crippen LogP contribution in [0.1, 0.15) is 24.0 Å². The van der Waals surface area contributed by atoms with E-state index in [1.165, 1.54) is 0 Å². The van der Waals surface area contributed by atoms with E-state index in [4.69, 9.17) is 26.1 Å². The van der Waals surface area contributed by atoms with Crippen LogP contribution >= 0.6 is 11.6 Å². The van der Waals surface area contributed by atoms with Crippen LogP contribution in [-0.2, 0) is 16.0 Å². The second kappa shape index (κ2) is 11.4. The number of nitrogens with zero attached hydrogens (tertiary/aromatic N) is 4. The van der Waals surface area contributed by atoms with E-state index in [0.29, 0.717) is 18.1 Å². The fourth-order valence-corrected chi connectivity index (χ4v) is 5.91. The number of amides is 2. The molecule has 2 aromatic rings. The first-order valence-corrected chi connectivity index (χ1v) is 13.5. The topological polar surface area (TPSA) is 70.2 Å². The van der Waals surface area contributed by atoms with Crippen molar-refractivity contribution in [3.63, 3.8) is 0 Å². The Hall–Kier alpha value is -3.07. The molecule has 1 aromatic heterocycles. The van der Waals surface area contributed by atoms with Crippen molar-refractivity contribution in [1.82, 2.24) is 9.88 Å². The summed E-state index contributed by atoms with van der Waals surface area (Å²) in [6, 6.07) is 7.84. The number of likely N-dealkylation sites (tertiary alicyclic amines) is 1. The van der Waals surface area contributed by atoms with Crippen molar-refractivity contribution in [2.45, 2.75) is 38.5 Å². The van der Waals surface area contributed by atoms with Crippen molar-refractivity contribution in [2.75, 3.05) is 56.0 Å². The zero-order valence-corrected chi connectivity index (χ0v) is 23.2. The molecule has 0 radical (unpaired) electrons. The van der Waals surface area contributed by atoms with Gasteiger partial charge >= 0.3 is 6.03 Å². The molecule has 8 nitrogen and oxygen atoms in total. The molecule has 5 rings (SSSR count). The van der Waals surface area contributed by atoms with Crippen LogP contribution in [0.25, 0.3) is 0 Å². The van der Waals surface area contributed by atoms with Crippen molar-refractivity contribution in [3.8, 4) is 0 Å². The van der Waals surface area contributed by atoms with Crippen LogP contribution in [0, 0.1) is 12.8 Å². The number of piperidine rings is 1. The largest absolute Gasteiger partial charge is 0.497 e. The fourth-order valence-electron chi connectivity index (χ4n) is 5.59. The Morgan fingerprint density at radius 3 is 2.71 bits per heavy atom. The molecule has 1 N–H and O–H groups in total. The first kappa shape index (κ1) is 26.5. The van der Waals surface area contributed by atoms with E-state index >= 15 is 0 Å². The van der Waals surface area contributed by atoms with Gasteiger partial charge in [-0.25, -0.2) is 9.78 Å². The summed E-state index contributed by atoms with van der Waals surface area (Å²) in [4.78, 5) is 25.0. The molecule has 9 heteroatoms. The number of methoxy groups -OCH3 is 2. The summed E-state index contributed by atoms with van der Waals surface area (Å²) in [5.74, 6) is 1.66. The average molecular weight is 538 g/mol. The Labute approximate surface area is 229 Å². The lowest BCUT2D eigenvalue weighted by Crippen LogP contribution is -2.54. The smallest absolute Gasteiger partial charge is 0.329 e. The van der Waals surface area contributed by atoms with E-state index in [-0.39, 0.29) is 24.1 Å². The number of carbonyl (C=O) groups excluding carboxylic acids is 1. The number of hydrogen-bond donors (Lipinski definition) is 1. The third-order valence-corrected chi connectivity index (χ3v) is 8.09. The molecule has 38 heavy (non-hydrogen) atoms. The molecule has 3 heterocycles. The zero-order chi connectivity index (χ0) is 26.8. The van der Waals surface area contributed by atoms with E-state index in [1.54, 1.807) is 14.2 Å². The van der Waals surface area contributed by atoms with Crippen molar-refractivity contribution >= 4 is 34.8 Å². The maximum atomic E-state index is 14.1. The fraction of sp³-hybridized carbons (Fsp3) is 0.448. The molecule has 1 aliphatic carbocycles. The number of hydrogen-bond acceptors (Lipinski definition) is 6. The Bertz CT molecular complexity index is 1220. The van der Waals surface area contributed by atoms with E-state index < -0.39 is 0 Å². The molecule has 2 amide bonds. The Balaban J connectivity index is 1.44. The highest BCUT2D eigenvalue weighted by atomic mass is 35.5. The standard InChI is InChI=1S/C29H36ClN5O3/c1-19-6-5-7-24(30)28(19)34-18-21-17-32-27(31-16-20-8-9-23(37-3)14-26(20)38-4)15-25(21)35(29(34)36)22-10-12-33(2)13-11-22/h5-9,14-15,17,20,22,26H,10-13,16,18H2,1-4H3,(H,31,32). The first-order valence-electron chi connectivity index (χ1n) is 13.1. The molecule has 3 aliphatic rings. The number of nitrogens with one attached hydrogen (secondary N) is 1. The summed E-state index contributed by atoms with van der Waals surface area (Å²) in [6.07, 6.45) is 9.67. The summed E-state index contributed by atoms with van der Waals surface area (Å²) < 4.78 is 11.0. The minimum absolute atomic E-state index is 0.0349. The molecule has 2 atom stereocenters. The maximum absolute atomic E-state index is 14.1. The van der Waals surface area contributed by atoms with Crippen molar-refractivity contribution < 1.29 is 14.3 Å². The second-order valence-corrected chi connectivity index (χ2v) is 10.7. The number of halogens is 1. The molecule has 2 aliphatic heterocycles. The summed E-state index contributed by atoms with van der Waals surface area (Å²) in [5.41, 5.74) is 3.67. The Morgan fingerprint density at radius 1 is 1.21 bits per heavy atom. The zero-order valence-electron chi connectivity index (χ0n) is 22.5. The number of anilines is 3. The van der Waals surface area contributed by atoms with Gasteiger partial charge in [0.05, 0.1) is 36.2 Å². The van der Waals surface area contributed by atoms with Crippen molar-refractivity contribution in [3.05, 3.63) is 70.6 Å². The van der Waals surface area contributed by atoms with Crippen molar-refractivity contribution in [1.29, 1.82) is 0 Å². The lowest BCUT2D eigenvalue weighted by molar-refractivity contribution is 0.104. The molecule has 1 aromatic carbocycles. The predicted octanol–water partition coefficient (Wildman–Crippen LogP) is 5.23. The van der Waals surface area contributed by atoms with Gasteiger partial charge in [0.25, 0.3) is 0 Å². The number of carbonyl (C=O) groups is 1. The third kappa shape index (κ3) is 5.25. The number of para-hydroxylation sites is 1. The minimum Gasteiger partial charge on any atom is -0.497 e. The summed E-state index contributed by atoms with van der Waals surface area (Å²) in [7, 11) is 5.49. The number of fused-ring (bicyclic) bond motifs is 1. The molecule has 1 saturated heterocycles. The third-order valence-electron chi connectivity index (χ3n) is 7.78. The van der Waals surface area contributed by atoms with Gasteiger partial charge in [-0.1, -0.05) is 29.8 Å². The first-order chi connectivity index (χ1) is 18.4. The van der Waals surface area contributed by atoms with Gasteiger partial charge in [-0.3, -0.25) is 9.80 Å². The van der Waals surface area contributed by atoms with E-state index in [9.17, 15) is 4.79 Å². The SMILES string of the molecule is COC1=CC(OC)C(CNc2cc3c(cn2)CN(c2c(C)cccc2Cl)C(=O)N3C2CCN(C)CC2)C=C1. The van der Waals surface area contributed by atoms with Gasteiger partial charge in [0.15, 0.2) is 0 Å². The van der Waals surface area contributed by atoms with Crippen LogP contribution < -0.4 is 15.1 Å². The van der Waals surface area contributed by atoms with Gasteiger partial charge < -0.3 is 19.7 Å². The highest BCUT2D eigenvalue weighted by Gasteiger charge is 2.38. The molecule has 0 bridgehead atoms. The lowest BCUT2D eigenvalue weighted by atomic mass is 9.96. The van der Waals surface area contributed by atoms with Crippen LogP contribution in [0.2, 0.25) is 5.02 Å². The van der Waals surface area contributed by atoms with E-state index in [2.05, 4.69) is 23.3 Å². The molecule has 0 saturated carbocycles. The number of aryl methyl sites for hydroxylation is 1. The molecule has 1 fully saturated rings. The van der Waals surface area contributed by atoms with Gasteiger partial charge in [-0.05, 0) is 63.7 Å². The van der Waals surface area contributed by atoms with Crippen LogP contribution in [0.5, 0.6) is 0 Å². The highest BCUT2D eigenvalue weighted by molar-refractivity contribution is 6.34. The predicted molar refractivity (Wildman–Crippen MR) is 152 cm³/mol. The van der Waals surface area contributed by atoms with Gasteiger partial charge in [0.1, 0.15) is 11.6 Å². The van der Waals surface area contributed by atoms with E-state index in [1.807, 2.05) is 59.3 Å². The monoisotopic (exact) mass is 537 g/mol. The normalized spacial score (nSPS) is 22.3. The molecule has 2 unspecified atom stereocenters. The molecule has 0 spiro atoms. The number of ether oxygens (including phenoxy) is 2. The van der Waals surface area contributed by atoms with E-state index in [0.717, 1.165) is 60.0 Å². The van der Waals surface area contributed by atoms with Crippen LogP contribution in [-0.4, -0.2) is 69.0 Å². The van der Waals surface area contributed by atoms with Gasteiger partial charge in [0.2, 0.25) is 0 Å². The second-order valence-electron chi connectivity index (χ2n) is 10.3. The highest BCUT2D eigenvalue weighted by Crippen LogP contribution is 2.39. The quantitative estimate of drug-likeness (QED) is 0.522. The van der Waals surface area contributed by atoms with Crippen molar-refractivity contribution in [2.24, 2.45) is 5.92 Å². The molecular formula is C29H36ClN5O3. The molecule has 202 valence electrons. The lowest BCUT2D eigenvalue weighted by Gasteiger charge is -2.44. The van der Waals surface area contributed by atoms with Gasteiger partial charge in [0, 0.05) is 43.4 Å². The summed E-state index contributed by atoms with van der Waals surface area (Å²) >= 11 is 6.62. The van der Waals surface area contributed by atoms with Crippen LogP contribution in [0.3, 0.4) is 0 Å². The van der Waals surface area contributed by atoms with Gasteiger partial charge in [-0.2, -0.15) is 0 Å². The number of rotatable bonds is 7. The number of benzene rings is 1.